The van der Waals surface area contributed by atoms with Crippen LogP contribution in [-0.2, 0) is 6.54 Å². The lowest BCUT2D eigenvalue weighted by Gasteiger charge is -2.11. The highest BCUT2D eigenvalue weighted by Gasteiger charge is 2.08. The summed E-state index contributed by atoms with van der Waals surface area (Å²) in [5, 5.41) is 0.859. The molecule has 0 fully saturated rings. The number of hydrogen-bond donors (Lipinski definition) is 1. The van der Waals surface area contributed by atoms with Gasteiger partial charge in [-0.15, -0.1) is 0 Å². The van der Waals surface area contributed by atoms with Gasteiger partial charge in [-0.2, -0.15) is 0 Å². The van der Waals surface area contributed by atoms with Crippen molar-refractivity contribution < 1.29 is 9.13 Å². The molecule has 0 unspecified atom stereocenters. The maximum absolute atomic E-state index is 13.6. The molecule has 3 aromatic rings. The number of aromatic nitrogens is 1. The average molecular weight is 347 g/mol. The van der Waals surface area contributed by atoms with Crippen LogP contribution in [0.3, 0.4) is 0 Å². The van der Waals surface area contributed by atoms with E-state index in [9.17, 15) is 4.39 Å². The first-order valence-corrected chi connectivity index (χ1v) is 7.18. The van der Waals surface area contributed by atoms with E-state index in [4.69, 9.17) is 10.5 Å². The average Bonchev–Trinajstić information content (AvgIpc) is 2.51. The molecule has 2 N–H and O–H groups in total. The number of rotatable bonds is 3. The van der Waals surface area contributed by atoms with Gasteiger partial charge >= 0.3 is 0 Å². The fourth-order valence-electron chi connectivity index (χ4n) is 2.05. The molecule has 2 aromatic carbocycles. The fraction of sp³-hybridized carbons (Fsp3) is 0.0625. The number of nitrogens with zero attached hydrogens (tertiary/aromatic N) is 1. The summed E-state index contributed by atoms with van der Waals surface area (Å²) < 4.78 is 19.8. The summed E-state index contributed by atoms with van der Waals surface area (Å²) >= 11 is 3.12. The van der Waals surface area contributed by atoms with Gasteiger partial charge < -0.3 is 10.5 Å². The van der Waals surface area contributed by atoms with Gasteiger partial charge in [-0.05, 0) is 40.2 Å². The molecule has 5 heteroatoms. The van der Waals surface area contributed by atoms with Gasteiger partial charge in [0, 0.05) is 24.1 Å². The Bertz CT molecular complexity index is 807. The van der Waals surface area contributed by atoms with Crippen LogP contribution in [0.25, 0.3) is 10.9 Å². The van der Waals surface area contributed by atoms with Gasteiger partial charge in [0.25, 0.3) is 0 Å². The third-order valence-electron chi connectivity index (χ3n) is 3.06. The minimum atomic E-state index is -0.370. The molecule has 0 saturated carbocycles. The lowest BCUT2D eigenvalue weighted by molar-refractivity contribution is 0.480. The van der Waals surface area contributed by atoms with Gasteiger partial charge in [-0.25, -0.2) is 4.39 Å². The predicted octanol–water partition coefficient (Wildman–Crippen LogP) is 4.39. The van der Waals surface area contributed by atoms with Crippen molar-refractivity contribution in [2.75, 3.05) is 0 Å². The van der Waals surface area contributed by atoms with E-state index < -0.39 is 0 Å². The molecule has 3 rings (SSSR count). The molecule has 1 heterocycles. The highest BCUT2D eigenvalue weighted by atomic mass is 79.9. The largest absolute Gasteiger partial charge is 0.456 e. The summed E-state index contributed by atoms with van der Waals surface area (Å²) in [5.41, 5.74) is 7.19. The molecule has 0 aliphatic carbocycles. The number of halogens is 2. The number of para-hydroxylation sites is 1. The normalized spacial score (nSPS) is 10.8. The van der Waals surface area contributed by atoms with Gasteiger partial charge in [-0.3, -0.25) is 4.98 Å². The van der Waals surface area contributed by atoms with Crippen molar-refractivity contribution >= 4 is 26.8 Å². The van der Waals surface area contributed by atoms with E-state index in [1.165, 1.54) is 6.07 Å². The second-order valence-corrected chi connectivity index (χ2v) is 5.37. The zero-order chi connectivity index (χ0) is 14.8. The zero-order valence-corrected chi connectivity index (χ0v) is 12.6. The quantitative estimate of drug-likeness (QED) is 0.765. The Morgan fingerprint density at radius 1 is 1.14 bits per heavy atom. The number of nitrogens with two attached hydrogens (primary N) is 1. The summed E-state index contributed by atoms with van der Waals surface area (Å²) in [6.07, 6.45) is 0. The van der Waals surface area contributed by atoms with Crippen LogP contribution in [0.15, 0.2) is 53.0 Å². The standard InChI is InChI=1S/C16H12BrFN2O/c17-13-6-5-11(8-14(13)18)21-16-7-10(9-19)20-15-4-2-1-3-12(15)16/h1-8H,9,19H2. The van der Waals surface area contributed by atoms with Gasteiger partial charge in [0.2, 0.25) is 0 Å². The van der Waals surface area contributed by atoms with Crippen LogP contribution < -0.4 is 10.5 Å². The van der Waals surface area contributed by atoms with E-state index in [0.29, 0.717) is 22.5 Å². The van der Waals surface area contributed by atoms with Gasteiger partial charge in [0.1, 0.15) is 17.3 Å². The first-order chi connectivity index (χ1) is 10.2. The topological polar surface area (TPSA) is 48.1 Å². The molecule has 106 valence electrons. The van der Waals surface area contributed by atoms with Gasteiger partial charge in [0.05, 0.1) is 15.7 Å². The van der Waals surface area contributed by atoms with Gasteiger partial charge in [-0.1, -0.05) is 12.1 Å². The lowest BCUT2D eigenvalue weighted by Crippen LogP contribution is -2.00. The van der Waals surface area contributed by atoms with Crippen molar-refractivity contribution in [1.29, 1.82) is 0 Å². The van der Waals surface area contributed by atoms with Crippen molar-refractivity contribution in [3.8, 4) is 11.5 Å². The number of ether oxygens (including phenoxy) is 1. The van der Waals surface area contributed by atoms with Crippen molar-refractivity contribution in [2.45, 2.75) is 6.54 Å². The van der Waals surface area contributed by atoms with Gasteiger partial charge in [0.15, 0.2) is 0 Å². The molecule has 0 bridgehead atoms. The third-order valence-corrected chi connectivity index (χ3v) is 3.70. The van der Waals surface area contributed by atoms with Crippen LogP contribution in [-0.4, -0.2) is 4.98 Å². The maximum Gasteiger partial charge on any atom is 0.141 e. The molecule has 0 aliphatic rings. The molecular weight excluding hydrogens is 335 g/mol. The Morgan fingerprint density at radius 3 is 2.71 bits per heavy atom. The van der Waals surface area contributed by atoms with Crippen molar-refractivity contribution in [3.05, 3.63) is 64.5 Å². The molecule has 21 heavy (non-hydrogen) atoms. The monoisotopic (exact) mass is 346 g/mol. The Hall–Kier alpha value is -1.98. The second kappa shape index (κ2) is 5.79. The summed E-state index contributed by atoms with van der Waals surface area (Å²) in [6.45, 7) is 0.315. The minimum Gasteiger partial charge on any atom is -0.456 e. The smallest absolute Gasteiger partial charge is 0.141 e. The van der Waals surface area contributed by atoms with E-state index in [1.807, 2.05) is 24.3 Å². The lowest BCUT2D eigenvalue weighted by atomic mass is 10.2. The van der Waals surface area contributed by atoms with Crippen LogP contribution in [0.4, 0.5) is 4.39 Å². The molecule has 0 atom stereocenters. The first kappa shape index (κ1) is 14.0. The number of benzene rings is 2. The Kier molecular flexibility index (Phi) is 3.86. The Balaban J connectivity index is 2.08. The molecule has 1 aromatic heterocycles. The fourth-order valence-corrected chi connectivity index (χ4v) is 2.30. The molecule has 0 saturated heterocycles. The summed E-state index contributed by atoms with van der Waals surface area (Å²) in [5.74, 6) is 0.669. The first-order valence-electron chi connectivity index (χ1n) is 6.39. The molecule has 0 amide bonds. The predicted molar refractivity (Wildman–Crippen MR) is 83.8 cm³/mol. The summed E-state index contributed by atoms with van der Waals surface area (Å²) in [6, 6.07) is 14.0. The third kappa shape index (κ3) is 2.89. The zero-order valence-electron chi connectivity index (χ0n) is 11.0. The Morgan fingerprint density at radius 2 is 1.95 bits per heavy atom. The molecule has 0 spiro atoms. The maximum atomic E-state index is 13.6. The van der Waals surface area contributed by atoms with Crippen LogP contribution in [0.5, 0.6) is 11.5 Å². The Labute approximate surface area is 129 Å². The van der Waals surface area contributed by atoms with E-state index in [0.717, 1.165) is 16.6 Å². The van der Waals surface area contributed by atoms with E-state index in [2.05, 4.69) is 20.9 Å². The SMILES string of the molecule is NCc1cc(Oc2ccc(Br)c(F)c2)c2ccccc2n1. The highest BCUT2D eigenvalue weighted by molar-refractivity contribution is 9.10. The molecule has 3 nitrogen and oxygen atoms in total. The van der Waals surface area contributed by atoms with E-state index >= 15 is 0 Å². The van der Waals surface area contributed by atoms with Crippen LogP contribution in [0.1, 0.15) is 5.69 Å². The van der Waals surface area contributed by atoms with Crippen LogP contribution in [0.2, 0.25) is 0 Å². The number of hydrogen-bond acceptors (Lipinski definition) is 3. The molecule has 0 radical (unpaired) electrons. The van der Waals surface area contributed by atoms with Crippen molar-refractivity contribution in [3.63, 3.8) is 0 Å². The van der Waals surface area contributed by atoms with Crippen LogP contribution >= 0.6 is 15.9 Å². The summed E-state index contributed by atoms with van der Waals surface area (Å²) in [4.78, 5) is 4.44. The van der Waals surface area contributed by atoms with Crippen molar-refractivity contribution in [2.24, 2.45) is 5.73 Å². The van der Waals surface area contributed by atoms with E-state index in [1.54, 1.807) is 18.2 Å². The minimum absolute atomic E-state index is 0.315. The number of fused-ring (bicyclic) bond motifs is 1. The highest BCUT2D eigenvalue weighted by Crippen LogP contribution is 2.31. The second-order valence-electron chi connectivity index (χ2n) is 4.51. The van der Waals surface area contributed by atoms with Crippen molar-refractivity contribution in [1.82, 2.24) is 4.98 Å². The summed E-state index contributed by atoms with van der Waals surface area (Å²) in [7, 11) is 0. The molecular formula is C16H12BrFN2O. The molecule has 0 aliphatic heterocycles. The number of pyridine rings is 1. The van der Waals surface area contributed by atoms with Crippen LogP contribution in [0, 0.1) is 5.82 Å². The van der Waals surface area contributed by atoms with E-state index in [-0.39, 0.29) is 5.82 Å².